The topological polar surface area (TPSA) is 69.0 Å². The lowest BCUT2D eigenvalue weighted by Gasteiger charge is -2.37. The van der Waals surface area contributed by atoms with Gasteiger partial charge in [-0.15, -0.1) is 0 Å². The molecule has 6 rings (SSSR count). The van der Waals surface area contributed by atoms with Gasteiger partial charge in [0.2, 0.25) is 0 Å². The minimum Gasteiger partial charge on any atom is -0.347 e. The number of ether oxygens (including phenoxy) is 2. The van der Waals surface area contributed by atoms with E-state index in [-0.39, 0.29) is 5.91 Å². The highest BCUT2D eigenvalue weighted by atomic mass is 19.1. The molecule has 4 heterocycles. The van der Waals surface area contributed by atoms with Crippen LogP contribution in [0.5, 0.6) is 0 Å². The van der Waals surface area contributed by atoms with Gasteiger partial charge >= 0.3 is 0 Å². The van der Waals surface area contributed by atoms with Gasteiger partial charge in [-0.3, -0.25) is 4.79 Å². The van der Waals surface area contributed by atoms with E-state index in [1.54, 1.807) is 33.7 Å². The summed E-state index contributed by atoms with van der Waals surface area (Å²) in [7, 11) is 0. The summed E-state index contributed by atoms with van der Waals surface area (Å²) in [6.45, 7) is 2.18. The number of likely N-dealkylation sites (tertiary alicyclic amines) is 1. The summed E-state index contributed by atoms with van der Waals surface area (Å²) in [5.74, 6) is -1.15. The number of amides is 1. The number of benzene rings is 2. The van der Waals surface area contributed by atoms with Crippen molar-refractivity contribution in [2.24, 2.45) is 0 Å². The second-order valence-electron chi connectivity index (χ2n) is 8.57. The third kappa shape index (κ3) is 3.65. The second kappa shape index (κ2) is 8.30. The van der Waals surface area contributed by atoms with Crippen molar-refractivity contribution in [1.29, 1.82) is 0 Å². The average molecular weight is 458 g/mol. The molecular formula is C26H23FN4O3. The monoisotopic (exact) mass is 458 g/mol. The third-order valence-corrected chi connectivity index (χ3v) is 6.49. The fourth-order valence-corrected chi connectivity index (χ4v) is 4.68. The van der Waals surface area contributed by atoms with Crippen LogP contribution in [0.4, 0.5) is 4.39 Å². The highest BCUT2D eigenvalue weighted by molar-refractivity contribution is 5.94. The summed E-state index contributed by atoms with van der Waals surface area (Å²) in [6, 6.07) is 19.6. The van der Waals surface area contributed by atoms with Crippen LogP contribution in [0.15, 0.2) is 66.7 Å². The molecule has 2 fully saturated rings. The zero-order valence-electron chi connectivity index (χ0n) is 18.5. The summed E-state index contributed by atoms with van der Waals surface area (Å²) < 4.78 is 27.8. The first-order chi connectivity index (χ1) is 16.6. The Morgan fingerprint density at radius 3 is 2.35 bits per heavy atom. The molecule has 2 aromatic carbocycles. The number of carbonyl (C=O) groups is 1. The van der Waals surface area contributed by atoms with Crippen molar-refractivity contribution in [2.45, 2.75) is 18.6 Å². The molecule has 1 spiro atoms. The van der Waals surface area contributed by atoms with Gasteiger partial charge in [-0.2, -0.15) is 5.10 Å². The molecule has 172 valence electrons. The second-order valence-corrected chi connectivity index (χ2v) is 8.57. The zero-order valence-corrected chi connectivity index (χ0v) is 18.5. The number of hydrogen-bond acceptors (Lipinski definition) is 5. The Bertz CT molecular complexity index is 1360. The largest absolute Gasteiger partial charge is 0.347 e. The van der Waals surface area contributed by atoms with Crippen molar-refractivity contribution in [2.75, 3.05) is 26.3 Å². The fourth-order valence-electron chi connectivity index (χ4n) is 4.68. The molecule has 0 N–H and O–H groups in total. The van der Waals surface area contributed by atoms with Crippen LogP contribution in [0.25, 0.3) is 28.2 Å². The molecule has 2 saturated heterocycles. The van der Waals surface area contributed by atoms with Crippen LogP contribution in [0.2, 0.25) is 0 Å². The third-order valence-electron chi connectivity index (χ3n) is 6.49. The molecule has 0 radical (unpaired) electrons. The molecule has 34 heavy (non-hydrogen) atoms. The predicted molar refractivity (Wildman–Crippen MR) is 124 cm³/mol. The van der Waals surface area contributed by atoms with Gasteiger partial charge < -0.3 is 14.4 Å². The summed E-state index contributed by atoms with van der Waals surface area (Å²) in [5, 5.41) is 4.69. The Balaban J connectivity index is 1.43. The van der Waals surface area contributed by atoms with E-state index in [1.165, 1.54) is 6.07 Å². The van der Waals surface area contributed by atoms with E-state index in [2.05, 4.69) is 4.98 Å². The van der Waals surface area contributed by atoms with Crippen molar-refractivity contribution < 1.29 is 18.7 Å². The Labute approximate surface area is 195 Å². The number of hydrogen-bond donors (Lipinski definition) is 0. The summed E-state index contributed by atoms with van der Waals surface area (Å²) in [5.41, 5.74) is 3.16. The van der Waals surface area contributed by atoms with Gasteiger partial charge in [-0.25, -0.2) is 13.9 Å². The van der Waals surface area contributed by atoms with Crippen molar-refractivity contribution in [1.82, 2.24) is 19.5 Å². The van der Waals surface area contributed by atoms with E-state index in [0.717, 1.165) is 5.56 Å². The van der Waals surface area contributed by atoms with Gasteiger partial charge in [-0.05, 0) is 18.2 Å². The van der Waals surface area contributed by atoms with Gasteiger partial charge in [0.1, 0.15) is 11.5 Å². The number of piperidine rings is 1. The van der Waals surface area contributed by atoms with Crippen LogP contribution in [-0.2, 0) is 9.47 Å². The van der Waals surface area contributed by atoms with E-state index in [9.17, 15) is 9.18 Å². The minimum atomic E-state index is -0.575. The standard InChI is InChI=1S/C26H23FN4O3/c27-20-9-5-4-8-19(20)22-16-23(25(32)30-12-10-26(11-13-30)33-14-15-34-26)31-24(28-22)17-21(29-31)18-6-2-1-3-7-18/h1-9,16-17H,10-15H2. The molecule has 0 atom stereocenters. The van der Waals surface area contributed by atoms with Crippen LogP contribution >= 0.6 is 0 Å². The molecule has 0 bridgehead atoms. The first kappa shape index (κ1) is 20.9. The summed E-state index contributed by atoms with van der Waals surface area (Å²) >= 11 is 0. The predicted octanol–water partition coefficient (Wildman–Crippen LogP) is 4.18. The first-order valence-corrected chi connectivity index (χ1v) is 11.4. The Hall–Kier alpha value is -3.62. The zero-order chi connectivity index (χ0) is 23.1. The highest BCUT2D eigenvalue weighted by Crippen LogP contribution is 2.32. The van der Waals surface area contributed by atoms with Crippen molar-refractivity contribution >= 4 is 11.6 Å². The van der Waals surface area contributed by atoms with Crippen LogP contribution in [-0.4, -0.2) is 57.5 Å². The van der Waals surface area contributed by atoms with Gasteiger partial charge in [0.05, 0.1) is 24.6 Å². The molecule has 2 aliphatic heterocycles. The SMILES string of the molecule is O=C(c1cc(-c2ccccc2F)nc2cc(-c3ccccc3)nn12)N1CCC2(CC1)OCCO2. The Morgan fingerprint density at radius 2 is 1.62 bits per heavy atom. The van der Waals surface area contributed by atoms with Crippen LogP contribution < -0.4 is 0 Å². The molecule has 0 saturated carbocycles. The summed E-state index contributed by atoms with van der Waals surface area (Å²) in [4.78, 5) is 20.1. The Kier molecular flexibility index (Phi) is 5.12. The normalized spacial score (nSPS) is 17.5. The molecule has 2 aliphatic rings. The number of rotatable bonds is 3. The summed E-state index contributed by atoms with van der Waals surface area (Å²) in [6.07, 6.45) is 1.23. The van der Waals surface area contributed by atoms with E-state index < -0.39 is 11.6 Å². The fraction of sp³-hybridized carbons (Fsp3) is 0.269. The minimum absolute atomic E-state index is 0.180. The van der Waals surface area contributed by atoms with Gasteiger partial charge in [-0.1, -0.05) is 42.5 Å². The number of fused-ring (bicyclic) bond motifs is 1. The highest BCUT2D eigenvalue weighted by Gasteiger charge is 2.41. The van der Waals surface area contributed by atoms with Crippen molar-refractivity contribution in [3.05, 3.63) is 78.2 Å². The van der Waals surface area contributed by atoms with E-state index >= 15 is 0 Å². The average Bonchev–Trinajstić information content (AvgIpc) is 3.52. The quantitative estimate of drug-likeness (QED) is 0.461. The molecule has 0 aliphatic carbocycles. The Morgan fingerprint density at radius 1 is 0.912 bits per heavy atom. The molecule has 1 amide bonds. The van der Waals surface area contributed by atoms with Gasteiger partial charge in [0, 0.05) is 43.1 Å². The molecule has 7 nitrogen and oxygen atoms in total. The lowest BCUT2D eigenvalue weighted by Crippen LogP contribution is -2.47. The van der Waals surface area contributed by atoms with Gasteiger partial charge in [0.15, 0.2) is 11.4 Å². The van der Waals surface area contributed by atoms with Crippen LogP contribution in [0, 0.1) is 5.82 Å². The number of nitrogens with zero attached hydrogens (tertiary/aromatic N) is 4. The number of carbonyl (C=O) groups excluding carboxylic acids is 1. The lowest BCUT2D eigenvalue weighted by atomic mass is 10.0. The van der Waals surface area contributed by atoms with Crippen LogP contribution in [0.1, 0.15) is 23.3 Å². The first-order valence-electron chi connectivity index (χ1n) is 11.4. The number of halogens is 1. The molecule has 0 unspecified atom stereocenters. The molecule has 2 aromatic heterocycles. The molecule has 8 heteroatoms. The maximum absolute atomic E-state index is 14.6. The van der Waals surface area contributed by atoms with E-state index in [1.807, 2.05) is 36.4 Å². The van der Waals surface area contributed by atoms with Crippen LogP contribution in [0.3, 0.4) is 0 Å². The maximum atomic E-state index is 14.6. The van der Waals surface area contributed by atoms with E-state index in [0.29, 0.717) is 67.4 Å². The van der Waals surface area contributed by atoms with Crippen molar-refractivity contribution in [3.63, 3.8) is 0 Å². The number of aromatic nitrogens is 3. The molecule has 4 aromatic rings. The van der Waals surface area contributed by atoms with Crippen molar-refractivity contribution in [3.8, 4) is 22.5 Å². The lowest BCUT2D eigenvalue weighted by molar-refractivity contribution is -0.181. The maximum Gasteiger partial charge on any atom is 0.272 e. The van der Waals surface area contributed by atoms with E-state index in [4.69, 9.17) is 14.6 Å². The molecular weight excluding hydrogens is 435 g/mol. The smallest absolute Gasteiger partial charge is 0.272 e. The van der Waals surface area contributed by atoms with Gasteiger partial charge in [0.25, 0.3) is 5.91 Å².